The quantitative estimate of drug-likeness (QED) is 0.0502. The molecule has 1 fully saturated rings. The van der Waals surface area contributed by atoms with Crippen LogP contribution in [0.5, 0.6) is 11.5 Å². The lowest BCUT2D eigenvalue weighted by Gasteiger charge is -2.34. The molecule has 3 aromatic carbocycles. The molecule has 5 aromatic rings. The number of rotatable bonds is 16. The summed E-state index contributed by atoms with van der Waals surface area (Å²) in [6.45, 7) is 17.5. The van der Waals surface area contributed by atoms with E-state index in [-0.39, 0.29) is 29.4 Å². The SMILES string of the molecule is C=C(C)C1CCC(C)=CC1c1c(O)cc(CCCCC)cc1OC(O)N(c1nccc(-c2cccnc2)n1)c1cc(NC(=O)c2ccc(CN3CCN(C)CC3)cc2)ccc1C. The smallest absolute Gasteiger partial charge is 0.288 e. The number of carbonyl (C=O) groups is 1. The van der Waals surface area contributed by atoms with Gasteiger partial charge in [0.15, 0.2) is 0 Å². The largest absolute Gasteiger partial charge is 0.507 e. The summed E-state index contributed by atoms with van der Waals surface area (Å²) in [5.74, 6) is 0.261. The fourth-order valence-electron chi connectivity index (χ4n) is 8.54. The molecule has 3 heterocycles. The fraction of sp³-hybridized carbons (Fsp3) is 0.373. The van der Waals surface area contributed by atoms with Crippen molar-refractivity contribution in [3.05, 3.63) is 143 Å². The van der Waals surface area contributed by atoms with E-state index < -0.39 is 6.41 Å². The number of amides is 1. The average molecular weight is 836 g/mol. The summed E-state index contributed by atoms with van der Waals surface area (Å²) in [7, 11) is 2.15. The molecule has 2 aliphatic rings. The first-order valence-electron chi connectivity index (χ1n) is 21.9. The predicted octanol–water partition coefficient (Wildman–Crippen LogP) is 9.79. The molecular formula is C51H61N7O4. The zero-order valence-electron chi connectivity index (χ0n) is 36.8. The molecular weight excluding hydrogens is 775 g/mol. The van der Waals surface area contributed by atoms with Crippen molar-refractivity contribution in [1.82, 2.24) is 24.8 Å². The van der Waals surface area contributed by atoms with Crippen molar-refractivity contribution in [1.29, 1.82) is 0 Å². The maximum atomic E-state index is 13.7. The molecule has 2 aromatic heterocycles. The number of likely N-dealkylation sites (N-methyl/N-ethyl adjacent to an activating group) is 1. The second-order valence-electron chi connectivity index (χ2n) is 17.0. The number of hydrogen-bond acceptors (Lipinski definition) is 10. The number of phenolic OH excluding ortho intramolecular Hbond substituents is 1. The summed E-state index contributed by atoms with van der Waals surface area (Å²) in [5, 5.41) is 27.4. The molecule has 1 aliphatic heterocycles. The topological polar surface area (TPSA) is 127 Å². The Morgan fingerprint density at radius 1 is 1.00 bits per heavy atom. The van der Waals surface area contributed by atoms with Crippen LogP contribution in [-0.2, 0) is 13.0 Å². The zero-order chi connectivity index (χ0) is 43.8. The number of pyridine rings is 1. The highest BCUT2D eigenvalue weighted by Crippen LogP contribution is 2.47. The molecule has 0 bridgehead atoms. The van der Waals surface area contributed by atoms with Crippen molar-refractivity contribution in [3.63, 3.8) is 0 Å². The molecule has 324 valence electrons. The van der Waals surface area contributed by atoms with Gasteiger partial charge in [0, 0.05) is 79.6 Å². The first-order valence-corrected chi connectivity index (χ1v) is 21.9. The van der Waals surface area contributed by atoms with Crippen LogP contribution in [0.25, 0.3) is 11.3 Å². The molecule has 62 heavy (non-hydrogen) atoms. The third-order valence-electron chi connectivity index (χ3n) is 12.2. The first-order chi connectivity index (χ1) is 30.0. The minimum absolute atomic E-state index is 0.0707. The van der Waals surface area contributed by atoms with Gasteiger partial charge in [-0.1, -0.05) is 61.8 Å². The standard InChI is InChI=1S/C51H61N7O4/c1-7-8-9-11-38-29-46(59)48(43-28-35(4)13-20-42(43)34(2)3)47(30-38)62-51(61)58(50-53-23-21-44(55-50)40-12-10-22-52-32-40)45-31-41(19-14-36(45)5)54-49(60)39-17-15-37(16-18-39)33-57-26-24-56(6)25-27-57/h10,12,14-19,21-23,28-32,42-43,51,59,61H,2,7-9,11,13,20,24-27,33H2,1,3-6H3,(H,54,60). The van der Waals surface area contributed by atoms with Gasteiger partial charge in [-0.05, 0) is 131 Å². The number of aromatic hydroxyl groups is 1. The van der Waals surface area contributed by atoms with Gasteiger partial charge in [0.25, 0.3) is 12.3 Å². The highest BCUT2D eigenvalue weighted by molar-refractivity contribution is 6.04. The predicted molar refractivity (Wildman–Crippen MR) is 248 cm³/mol. The van der Waals surface area contributed by atoms with Gasteiger partial charge in [0.05, 0.1) is 11.4 Å². The fourth-order valence-corrected chi connectivity index (χ4v) is 8.54. The second kappa shape index (κ2) is 20.3. The average Bonchev–Trinajstić information content (AvgIpc) is 3.26. The van der Waals surface area contributed by atoms with Crippen LogP contribution in [0.15, 0.2) is 115 Å². The number of carbonyl (C=O) groups excluding carboxylic acids is 1. The Kier molecular flexibility index (Phi) is 14.5. The summed E-state index contributed by atoms with van der Waals surface area (Å²) >= 11 is 0. The lowest BCUT2D eigenvalue weighted by molar-refractivity contribution is -0.0126. The van der Waals surface area contributed by atoms with Crippen LogP contribution in [0.3, 0.4) is 0 Å². The molecule has 11 nitrogen and oxygen atoms in total. The molecule has 0 saturated carbocycles. The molecule has 1 aliphatic carbocycles. The number of ether oxygens (including phenoxy) is 1. The molecule has 1 amide bonds. The van der Waals surface area contributed by atoms with Gasteiger partial charge in [-0.2, -0.15) is 0 Å². The lowest BCUT2D eigenvalue weighted by Crippen LogP contribution is -2.43. The number of phenols is 1. The third kappa shape index (κ3) is 10.8. The Balaban J connectivity index is 1.24. The number of aromatic nitrogens is 3. The van der Waals surface area contributed by atoms with Crippen LogP contribution in [0.1, 0.15) is 91.4 Å². The van der Waals surface area contributed by atoms with Gasteiger partial charge in [0.2, 0.25) is 5.95 Å². The number of allylic oxidation sites excluding steroid dienone is 3. The Bertz CT molecular complexity index is 2360. The molecule has 0 radical (unpaired) electrons. The number of nitrogens with zero attached hydrogens (tertiary/aromatic N) is 6. The number of aryl methyl sites for hydroxylation is 2. The Labute approximate surface area is 366 Å². The normalized spacial score (nSPS) is 17.5. The van der Waals surface area contributed by atoms with Gasteiger partial charge in [-0.15, -0.1) is 0 Å². The number of benzene rings is 3. The molecule has 3 unspecified atom stereocenters. The molecule has 11 heteroatoms. The van der Waals surface area contributed by atoms with Crippen molar-refractivity contribution in [3.8, 4) is 22.8 Å². The van der Waals surface area contributed by atoms with E-state index in [2.05, 4.69) is 58.6 Å². The van der Waals surface area contributed by atoms with Crippen LogP contribution in [0, 0.1) is 12.8 Å². The van der Waals surface area contributed by atoms with Crippen LogP contribution < -0.4 is 15.0 Å². The van der Waals surface area contributed by atoms with Gasteiger partial charge in [-0.25, -0.2) is 14.9 Å². The minimum Gasteiger partial charge on any atom is -0.507 e. The zero-order valence-corrected chi connectivity index (χ0v) is 36.8. The Morgan fingerprint density at radius 3 is 2.52 bits per heavy atom. The van der Waals surface area contributed by atoms with E-state index in [4.69, 9.17) is 9.72 Å². The number of anilines is 3. The number of piperazine rings is 1. The van der Waals surface area contributed by atoms with Crippen LogP contribution in [-0.4, -0.2) is 80.5 Å². The Morgan fingerprint density at radius 2 is 1.79 bits per heavy atom. The van der Waals surface area contributed by atoms with E-state index in [9.17, 15) is 15.0 Å². The van der Waals surface area contributed by atoms with Gasteiger partial charge >= 0.3 is 0 Å². The molecule has 3 atom stereocenters. The van der Waals surface area contributed by atoms with Crippen molar-refractivity contribution in [2.24, 2.45) is 5.92 Å². The van der Waals surface area contributed by atoms with Crippen LogP contribution in [0.4, 0.5) is 17.3 Å². The second-order valence-corrected chi connectivity index (χ2v) is 17.0. The molecule has 3 N–H and O–H groups in total. The number of aliphatic hydroxyl groups is 1. The summed E-state index contributed by atoms with van der Waals surface area (Å²) in [6, 6.07) is 22.6. The summed E-state index contributed by atoms with van der Waals surface area (Å²) in [5.41, 5.74) is 8.64. The number of hydrogen-bond donors (Lipinski definition) is 3. The number of aliphatic hydroxyl groups excluding tert-OH is 1. The molecule has 0 spiro atoms. The molecule has 1 saturated heterocycles. The number of unbranched alkanes of at least 4 members (excludes halogenated alkanes) is 2. The third-order valence-corrected chi connectivity index (χ3v) is 12.2. The van der Waals surface area contributed by atoms with E-state index in [1.54, 1.807) is 30.7 Å². The number of nitrogens with one attached hydrogen (secondary N) is 1. The highest BCUT2D eigenvalue weighted by atomic mass is 16.6. The van der Waals surface area contributed by atoms with Gasteiger partial charge in [-0.3, -0.25) is 14.7 Å². The van der Waals surface area contributed by atoms with E-state index in [1.165, 1.54) is 10.5 Å². The van der Waals surface area contributed by atoms with Crippen LogP contribution >= 0.6 is 0 Å². The van der Waals surface area contributed by atoms with E-state index in [0.717, 1.165) is 99.1 Å². The van der Waals surface area contributed by atoms with Crippen molar-refractivity contribution in [2.75, 3.05) is 43.4 Å². The summed E-state index contributed by atoms with van der Waals surface area (Å²) < 4.78 is 6.70. The lowest BCUT2D eigenvalue weighted by atomic mass is 9.73. The monoisotopic (exact) mass is 835 g/mol. The van der Waals surface area contributed by atoms with Crippen LogP contribution in [0.2, 0.25) is 0 Å². The van der Waals surface area contributed by atoms with E-state index in [0.29, 0.717) is 33.9 Å². The first kappa shape index (κ1) is 44.2. The van der Waals surface area contributed by atoms with Gasteiger partial charge < -0.3 is 25.2 Å². The van der Waals surface area contributed by atoms with Crippen molar-refractivity contribution in [2.45, 2.75) is 85.1 Å². The Hall–Kier alpha value is -5.88. The summed E-state index contributed by atoms with van der Waals surface area (Å²) in [4.78, 5) is 33.9. The molecule has 7 rings (SSSR count). The van der Waals surface area contributed by atoms with E-state index in [1.807, 2.05) is 74.5 Å². The van der Waals surface area contributed by atoms with Crippen molar-refractivity contribution >= 4 is 23.2 Å². The minimum atomic E-state index is -1.67. The van der Waals surface area contributed by atoms with Crippen molar-refractivity contribution < 1.29 is 19.7 Å². The maximum absolute atomic E-state index is 13.7. The van der Waals surface area contributed by atoms with Gasteiger partial charge in [0.1, 0.15) is 11.5 Å². The summed E-state index contributed by atoms with van der Waals surface area (Å²) in [6.07, 6.45) is 11.2. The van der Waals surface area contributed by atoms with E-state index >= 15 is 0 Å². The maximum Gasteiger partial charge on any atom is 0.288 e. The highest BCUT2D eigenvalue weighted by Gasteiger charge is 2.33.